The van der Waals surface area contributed by atoms with E-state index >= 15 is 0 Å². The third kappa shape index (κ3) is 2.86. The van der Waals surface area contributed by atoms with Crippen LogP contribution in [0.3, 0.4) is 0 Å². The average molecular weight is 273 g/mol. The van der Waals surface area contributed by atoms with E-state index in [0.717, 1.165) is 0 Å². The molecule has 0 amide bonds. The van der Waals surface area contributed by atoms with Crippen LogP contribution < -0.4 is 5.73 Å². The van der Waals surface area contributed by atoms with Gasteiger partial charge in [-0.15, -0.1) is 10.2 Å². The largest absolute Gasteiger partial charge is 0.504 e. The highest BCUT2D eigenvalue weighted by Gasteiger charge is 2.06. The minimum Gasteiger partial charge on any atom is -0.504 e. The van der Waals surface area contributed by atoms with E-state index in [1.165, 1.54) is 30.3 Å². The summed E-state index contributed by atoms with van der Waals surface area (Å²) in [7, 11) is 0. The van der Waals surface area contributed by atoms with Gasteiger partial charge >= 0.3 is 0 Å². The number of pyridine rings is 1. The number of benzene rings is 1. The van der Waals surface area contributed by atoms with E-state index in [2.05, 4.69) is 15.2 Å². The van der Waals surface area contributed by atoms with E-state index < -0.39 is 4.92 Å². The van der Waals surface area contributed by atoms with Crippen LogP contribution in [-0.2, 0) is 0 Å². The van der Waals surface area contributed by atoms with Crippen molar-refractivity contribution in [3.8, 4) is 5.75 Å². The minimum absolute atomic E-state index is 0.0215. The predicted octanol–water partition coefficient (Wildman–Crippen LogP) is 3.00. The number of nitrogen functional groups attached to an aromatic ring is 1. The standard InChI is InChI=1S/C12H11N5O3/c1-7-6-10(14-12(13)11(7)18)16-15-8-2-4-9(5-3-8)17(19)20/h2-6,18H,1H3,(H2,13,14). The molecule has 1 aromatic heterocycles. The molecule has 0 fully saturated rings. The molecule has 0 bridgehead atoms. The van der Waals surface area contributed by atoms with Gasteiger partial charge in [0.1, 0.15) is 0 Å². The molecule has 0 aliphatic heterocycles. The maximum atomic E-state index is 10.5. The zero-order valence-electron chi connectivity index (χ0n) is 10.5. The third-order valence-electron chi connectivity index (χ3n) is 2.53. The van der Waals surface area contributed by atoms with E-state index in [0.29, 0.717) is 11.3 Å². The van der Waals surface area contributed by atoms with Crippen molar-refractivity contribution in [1.82, 2.24) is 4.98 Å². The Hall–Kier alpha value is -3.03. The number of anilines is 1. The Labute approximate surface area is 113 Å². The van der Waals surface area contributed by atoms with Crippen molar-refractivity contribution in [3.05, 3.63) is 46.0 Å². The Bertz CT molecular complexity index is 659. The zero-order chi connectivity index (χ0) is 14.7. The van der Waals surface area contributed by atoms with Crippen LogP contribution in [0.25, 0.3) is 0 Å². The van der Waals surface area contributed by atoms with Crippen molar-refractivity contribution in [2.45, 2.75) is 6.92 Å². The number of aromatic hydroxyl groups is 1. The number of hydrogen-bond acceptors (Lipinski definition) is 7. The first-order valence-corrected chi connectivity index (χ1v) is 5.59. The normalized spacial score (nSPS) is 10.8. The average Bonchev–Trinajstić information content (AvgIpc) is 2.42. The Morgan fingerprint density at radius 3 is 2.50 bits per heavy atom. The lowest BCUT2D eigenvalue weighted by atomic mass is 10.2. The van der Waals surface area contributed by atoms with Crippen molar-refractivity contribution < 1.29 is 10.0 Å². The van der Waals surface area contributed by atoms with Crippen LogP contribution in [0.2, 0.25) is 0 Å². The number of nitro groups is 1. The van der Waals surface area contributed by atoms with Crippen LogP contribution in [0.4, 0.5) is 23.0 Å². The Balaban J connectivity index is 2.23. The van der Waals surface area contributed by atoms with Crippen molar-refractivity contribution >= 4 is 23.0 Å². The fraction of sp³-hybridized carbons (Fsp3) is 0.0833. The van der Waals surface area contributed by atoms with Gasteiger partial charge in [0, 0.05) is 12.1 Å². The summed E-state index contributed by atoms with van der Waals surface area (Å²) in [5.74, 6) is 0.137. The van der Waals surface area contributed by atoms with E-state index in [1.807, 2.05) is 0 Å². The van der Waals surface area contributed by atoms with Gasteiger partial charge in [-0.25, -0.2) is 4.98 Å². The molecule has 8 nitrogen and oxygen atoms in total. The molecule has 2 rings (SSSR count). The first kappa shape index (κ1) is 13.4. The number of hydrogen-bond donors (Lipinski definition) is 2. The maximum absolute atomic E-state index is 10.5. The summed E-state index contributed by atoms with van der Waals surface area (Å²) in [6.07, 6.45) is 0. The second kappa shape index (κ2) is 5.31. The Kier molecular flexibility index (Phi) is 3.56. The van der Waals surface area contributed by atoms with Crippen molar-refractivity contribution in [2.75, 3.05) is 5.73 Å². The van der Waals surface area contributed by atoms with Gasteiger partial charge < -0.3 is 10.8 Å². The summed E-state index contributed by atoms with van der Waals surface area (Å²) < 4.78 is 0. The summed E-state index contributed by atoms with van der Waals surface area (Å²) in [6.45, 7) is 1.66. The number of non-ortho nitro benzene ring substituents is 1. The van der Waals surface area contributed by atoms with Crippen molar-refractivity contribution in [2.24, 2.45) is 10.2 Å². The monoisotopic (exact) mass is 273 g/mol. The van der Waals surface area contributed by atoms with Gasteiger partial charge in [-0.3, -0.25) is 10.1 Å². The van der Waals surface area contributed by atoms with Crippen molar-refractivity contribution in [1.29, 1.82) is 0 Å². The molecule has 0 unspecified atom stereocenters. The summed E-state index contributed by atoms with van der Waals surface area (Å²) in [4.78, 5) is 13.9. The fourth-order valence-electron chi connectivity index (χ4n) is 1.47. The second-order valence-electron chi connectivity index (χ2n) is 4.00. The third-order valence-corrected chi connectivity index (χ3v) is 2.53. The molecule has 0 radical (unpaired) electrons. The maximum Gasteiger partial charge on any atom is 0.269 e. The lowest BCUT2D eigenvalue weighted by molar-refractivity contribution is -0.384. The fourth-order valence-corrected chi connectivity index (χ4v) is 1.47. The van der Waals surface area contributed by atoms with Gasteiger partial charge in [-0.05, 0) is 30.7 Å². The molecule has 8 heteroatoms. The summed E-state index contributed by atoms with van der Waals surface area (Å²) >= 11 is 0. The van der Waals surface area contributed by atoms with Crippen LogP contribution in [0.1, 0.15) is 5.56 Å². The molecule has 0 aliphatic carbocycles. The lowest BCUT2D eigenvalue weighted by Crippen LogP contribution is -1.91. The molecule has 1 heterocycles. The molecule has 3 N–H and O–H groups in total. The topological polar surface area (TPSA) is 127 Å². The molecule has 0 spiro atoms. The highest BCUT2D eigenvalue weighted by Crippen LogP contribution is 2.27. The first-order chi connectivity index (χ1) is 9.47. The number of nitrogens with two attached hydrogens (primary N) is 1. The summed E-state index contributed by atoms with van der Waals surface area (Å²) in [5.41, 5.74) is 6.47. The van der Waals surface area contributed by atoms with Crippen LogP contribution in [0.15, 0.2) is 40.6 Å². The lowest BCUT2D eigenvalue weighted by Gasteiger charge is -2.02. The van der Waals surface area contributed by atoms with Crippen LogP contribution >= 0.6 is 0 Å². The van der Waals surface area contributed by atoms with E-state index in [1.54, 1.807) is 6.92 Å². The quantitative estimate of drug-likeness (QED) is 0.504. The van der Waals surface area contributed by atoms with E-state index in [9.17, 15) is 15.2 Å². The number of rotatable bonds is 3. The predicted molar refractivity (Wildman–Crippen MR) is 72.3 cm³/mol. The molecular formula is C12H11N5O3. The number of azo groups is 1. The van der Waals surface area contributed by atoms with Crippen LogP contribution in [0, 0.1) is 17.0 Å². The van der Waals surface area contributed by atoms with Crippen LogP contribution in [0.5, 0.6) is 5.75 Å². The first-order valence-electron chi connectivity index (χ1n) is 5.59. The number of aromatic nitrogens is 1. The van der Waals surface area contributed by atoms with Gasteiger partial charge in [-0.1, -0.05) is 0 Å². The zero-order valence-corrected chi connectivity index (χ0v) is 10.5. The second-order valence-corrected chi connectivity index (χ2v) is 4.00. The molecule has 0 aliphatic rings. The molecule has 102 valence electrons. The highest BCUT2D eigenvalue weighted by molar-refractivity contribution is 5.55. The summed E-state index contributed by atoms with van der Waals surface area (Å²) in [5, 5.41) is 27.7. The number of nitro benzene ring substituents is 1. The Morgan fingerprint density at radius 2 is 1.95 bits per heavy atom. The van der Waals surface area contributed by atoms with E-state index in [-0.39, 0.29) is 23.1 Å². The minimum atomic E-state index is -0.494. The summed E-state index contributed by atoms with van der Waals surface area (Å²) in [6, 6.07) is 7.13. The SMILES string of the molecule is Cc1cc(N=Nc2ccc([N+](=O)[O-])cc2)nc(N)c1O. The molecule has 20 heavy (non-hydrogen) atoms. The molecule has 0 saturated carbocycles. The van der Waals surface area contributed by atoms with Crippen LogP contribution in [-0.4, -0.2) is 15.0 Å². The van der Waals surface area contributed by atoms with Gasteiger partial charge in [0.2, 0.25) is 0 Å². The highest BCUT2D eigenvalue weighted by atomic mass is 16.6. The van der Waals surface area contributed by atoms with E-state index in [4.69, 9.17) is 5.73 Å². The number of aryl methyl sites for hydroxylation is 1. The van der Waals surface area contributed by atoms with Gasteiger partial charge in [0.15, 0.2) is 17.4 Å². The van der Waals surface area contributed by atoms with Gasteiger partial charge in [-0.2, -0.15) is 0 Å². The van der Waals surface area contributed by atoms with Crippen molar-refractivity contribution in [3.63, 3.8) is 0 Å². The molecular weight excluding hydrogens is 262 g/mol. The molecule has 2 aromatic rings. The Morgan fingerprint density at radius 1 is 1.30 bits per heavy atom. The smallest absolute Gasteiger partial charge is 0.269 e. The molecule has 1 aromatic carbocycles. The van der Waals surface area contributed by atoms with Gasteiger partial charge in [0.05, 0.1) is 10.6 Å². The molecule has 0 atom stereocenters. The number of nitrogens with zero attached hydrogens (tertiary/aromatic N) is 4. The molecule has 0 saturated heterocycles. The van der Waals surface area contributed by atoms with Gasteiger partial charge in [0.25, 0.3) is 5.69 Å².